The van der Waals surface area contributed by atoms with Crippen molar-refractivity contribution in [2.75, 3.05) is 7.05 Å². The number of aryl methyl sites for hydroxylation is 2. The Labute approximate surface area is 106 Å². The molecule has 98 valence electrons. The van der Waals surface area contributed by atoms with Gasteiger partial charge < -0.3 is 10.1 Å². The van der Waals surface area contributed by atoms with Crippen molar-refractivity contribution >= 4 is 5.69 Å². The van der Waals surface area contributed by atoms with E-state index in [0.717, 1.165) is 24.2 Å². The molecule has 1 N–H and O–H groups in total. The first-order chi connectivity index (χ1) is 8.51. The van der Waals surface area contributed by atoms with E-state index < -0.39 is 0 Å². The van der Waals surface area contributed by atoms with Crippen molar-refractivity contribution < 1.29 is 9.66 Å². The summed E-state index contributed by atoms with van der Waals surface area (Å²) < 4.78 is 5.87. The molecule has 1 saturated carbocycles. The van der Waals surface area contributed by atoms with Crippen molar-refractivity contribution in [1.29, 1.82) is 0 Å². The largest absolute Gasteiger partial charge is 0.490 e. The summed E-state index contributed by atoms with van der Waals surface area (Å²) in [6, 6.07) is 3.88. The van der Waals surface area contributed by atoms with Gasteiger partial charge in [-0.15, -0.1) is 0 Å². The third-order valence-corrected chi connectivity index (χ3v) is 3.49. The summed E-state index contributed by atoms with van der Waals surface area (Å²) in [5.74, 6) is 0.762. The Balaban J connectivity index is 2.10. The minimum absolute atomic E-state index is 0.154. The molecule has 0 aromatic heterocycles. The molecule has 0 aliphatic heterocycles. The number of nitro benzene ring substituents is 1. The fourth-order valence-corrected chi connectivity index (χ4v) is 2.18. The molecule has 1 aliphatic carbocycles. The van der Waals surface area contributed by atoms with Gasteiger partial charge in [0, 0.05) is 17.7 Å². The number of nitrogens with one attached hydrogen (secondary N) is 1. The normalized spacial score (nSPS) is 22.4. The second kappa shape index (κ2) is 4.94. The molecule has 5 heteroatoms. The quantitative estimate of drug-likeness (QED) is 0.658. The number of ether oxygens (including phenoxy) is 1. The highest BCUT2D eigenvalue weighted by Gasteiger charge is 2.30. The monoisotopic (exact) mass is 250 g/mol. The fourth-order valence-electron chi connectivity index (χ4n) is 2.18. The van der Waals surface area contributed by atoms with E-state index in [1.807, 2.05) is 14.0 Å². The third kappa shape index (κ3) is 2.46. The van der Waals surface area contributed by atoms with Crippen molar-refractivity contribution in [3.8, 4) is 5.75 Å². The van der Waals surface area contributed by atoms with Gasteiger partial charge in [0.25, 0.3) is 5.69 Å². The summed E-state index contributed by atoms with van der Waals surface area (Å²) in [7, 11) is 1.95. The predicted molar refractivity (Wildman–Crippen MR) is 69.1 cm³/mol. The second-order valence-corrected chi connectivity index (χ2v) is 4.86. The smallest absolute Gasteiger partial charge is 0.272 e. The van der Waals surface area contributed by atoms with Crippen LogP contribution in [0, 0.1) is 24.0 Å². The van der Waals surface area contributed by atoms with Crippen LogP contribution in [0.15, 0.2) is 12.1 Å². The van der Waals surface area contributed by atoms with Crippen LogP contribution >= 0.6 is 0 Å². The third-order valence-electron chi connectivity index (χ3n) is 3.49. The topological polar surface area (TPSA) is 64.4 Å². The lowest BCUT2D eigenvalue weighted by molar-refractivity contribution is -0.385. The van der Waals surface area contributed by atoms with Gasteiger partial charge in [0.05, 0.1) is 4.92 Å². The second-order valence-electron chi connectivity index (χ2n) is 4.86. The van der Waals surface area contributed by atoms with Gasteiger partial charge in [-0.3, -0.25) is 10.1 Å². The van der Waals surface area contributed by atoms with Crippen LogP contribution in [-0.4, -0.2) is 24.1 Å². The molecule has 0 saturated heterocycles. The standard InChI is InChI=1S/C13H18N2O3/c1-8-5-13(9(2)4-12(8)15(16)17)18-11-6-10(7-11)14-3/h4-5,10-11,14H,6-7H2,1-3H3. The molecule has 1 aromatic carbocycles. The fraction of sp³-hybridized carbons (Fsp3) is 0.538. The van der Waals surface area contributed by atoms with Crippen molar-refractivity contribution in [2.45, 2.75) is 38.8 Å². The Kier molecular flexibility index (Phi) is 3.52. The minimum atomic E-state index is -0.355. The molecule has 5 nitrogen and oxygen atoms in total. The molecule has 1 aromatic rings. The SMILES string of the molecule is CNC1CC(Oc2cc(C)c([N+](=O)[O-])cc2C)C1. The van der Waals surface area contributed by atoms with E-state index in [2.05, 4.69) is 5.32 Å². The Morgan fingerprint density at radius 1 is 1.33 bits per heavy atom. The Morgan fingerprint density at radius 2 is 2.00 bits per heavy atom. The number of benzene rings is 1. The van der Waals surface area contributed by atoms with Gasteiger partial charge in [0.1, 0.15) is 11.9 Å². The van der Waals surface area contributed by atoms with E-state index >= 15 is 0 Å². The minimum Gasteiger partial charge on any atom is -0.490 e. The molecule has 0 atom stereocenters. The van der Waals surface area contributed by atoms with Crippen LogP contribution < -0.4 is 10.1 Å². The highest BCUT2D eigenvalue weighted by atomic mass is 16.6. The van der Waals surface area contributed by atoms with Crippen LogP contribution in [0.2, 0.25) is 0 Å². The molecule has 0 spiro atoms. The average Bonchev–Trinajstić information content (AvgIpc) is 2.26. The summed E-state index contributed by atoms with van der Waals surface area (Å²) in [4.78, 5) is 10.5. The molecule has 0 bridgehead atoms. The maximum Gasteiger partial charge on any atom is 0.272 e. The first kappa shape index (κ1) is 12.8. The first-order valence-corrected chi connectivity index (χ1v) is 6.10. The van der Waals surface area contributed by atoms with E-state index in [0.29, 0.717) is 11.6 Å². The molecule has 18 heavy (non-hydrogen) atoms. The summed E-state index contributed by atoms with van der Waals surface area (Å²) in [5.41, 5.74) is 1.62. The number of hydrogen-bond donors (Lipinski definition) is 1. The van der Waals surface area contributed by atoms with Crippen molar-refractivity contribution in [2.24, 2.45) is 0 Å². The maximum atomic E-state index is 10.8. The summed E-state index contributed by atoms with van der Waals surface area (Å²) >= 11 is 0. The van der Waals surface area contributed by atoms with Crippen LogP contribution in [0.1, 0.15) is 24.0 Å². The van der Waals surface area contributed by atoms with Gasteiger partial charge >= 0.3 is 0 Å². The van der Waals surface area contributed by atoms with Crippen molar-refractivity contribution in [1.82, 2.24) is 5.32 Å². The Hall–Kier alpha value is -1.62. The van der Waals surface area contributed by atoms with Crippen LogP contribution in [0.25, 0.3) is 0 Å². The predicted octanol–water partition coefficient (Wildman–Crippen LogP) is 2.34. The highest BCUT2D eigenvalue weighted by molar-refractivity contribution is 5.49. The lowest BCUT2D eigenvalue weighted by Crippen LogP contribution is -2.45. The Bertz CT molecular complexity index is 468. The molecule has 1 aliphatic rings. The van der Waals surface area contributed by atoms with Crippen LogP contribution in [0.4, 0.5) is 5.69 Å². The van der Waals surface area contributed by atoms with E-state index in [1.54, 1.807) is 19.1 Å². The molecule has 0 unspecified atom stereocenters. The number of rotatable bonds is 4. The number of hydrogen-bond acceptors (Lipinski definition) is 4. The van der Waals surface area contributed by atoms with E-state index in [4.69, 9.17) is 4.74 Å². The van der Waals surface area contributed by atoms with Gasteiger partial charge in [-0.05, 0) is 45.4 Å². The van der Waals surface area contributed by atoms with Crippen LogP contribution in [0.3, 0.4) is 0 Å². The molecule has 0 amide bonds. The Morgan fingerprint density at radius 3 is 2.56 bits per heavy atom. The van der Waals surface area contributed by atoms with Crippen molar-refractivity contribution in [3.05, 3.63) is 33.4 Å². The summed E-state index contributed by atoms with van der Waals surface area (Å²) in [5, 5.41) is 14.0. The van der Waals surface area contributed by atoms with E-state index in [1.165, 1.54) is 0 Å². The molecule has 0 heterocycles. The van der Waals surface area contributed by atoms with Gasteiger partial charge in [-0.1, -0.05) is 0 Å². The van der Waals surface area contributed by atoms with Crippen LogP contribution in [0.5, 0.6) is 5.75 Å². The van der Waals surface area contributed by atoms with E-state index in [-0.39, 0.29) is 16.7 Å². The lowest BCUT2D eigenvalue weighted by atomic mass is 9.89. The average molecular weight is 250 g/mol. The summed E-state index contributed by atoms with van der Waals surface area (Å²) in [6.07, 6.45) is 2.21. The molecule has 1 fully saturated rings. The molecule has 0 radical (unpaired) electrons. The first-order valence-electron chi connectivity index (χ1n) is 6.10. The molecular weight excluding hydrogens is 232 g/mol. The number of nitrogens with zero attached hydrogens (tertiary/aromatic N) is 1. The zero-order valence-electron chi connectivity index (χ0n) is 10.9. The maximum absolute atomic E-state index is 10.8. The zero-order chi connectivity index (χ0) is 13.3. The summed E-state index contributed by atoms with van der Waals surface area (Å²) in [6.45, 7) is 3.58. The molecular formula is C13H18N2O3. The van der Waals surface area contributed by atoms with Gasteiger partial charge in [-0.25, -0.2) is 0 Å². The lowest BCUT2D eigenvalue weighted by Gasteiger charge is -2.35. The number of nitro groups is 1. The van der Waals surface area contributed by atoms with E-state index in [9.17, 15) is 10.1 Å². The van der Waals surface area contributed by atoms with Crippen molar-refractivity contribution in [3.63, 3.8) is 0 Å². The highest BCUT2D eigenvalue weighted by Crippen LogP contribution is 2.31. The zero-order valence-corrected chi connectivity index (χ0v) is 10.9. The van der Waals surface area contributed by atoms with Gasteiger partial charge in [0.15, 0.2) is 0 Å². The van der Waals surface area contributed by atoms with Crippen LogP contribution in [-0.2, 0) is 0 Å². The van der Waals surface area contributed by atoms with Gasteiger partial charge in [-0.2, -0.15) is 0 Å². The molecule has 2 rings (SSSR count). The van der Waals surface area contributed by atoms with Gasteiger partial charge in [0.2, 0.25) is 0 Å².